The minimum Gasteiger partial charge on any atom is -0.480 e. The Hall–Kier alpha value is -3.39. The molecule has 2 N–H and O–H groups in total. The van der Waals surface area contributed by atoms with Crippen molar-refractivity contribution in [1.29, 1.82) is 0 Å². The third-order valence-electron chi connectivity index (χ3n) is 6.88. The van der Waals surface area contributed by atoms with E-state index in [1.807, 2.05) is 57.2 Å². The fourth-order valence-corrected chi connectivity index (χ4v) is 5.02. The third kappa shape index (κ3) is 4.89. The summed E-state index contributed by atoms with van der Waals surface area (Å²) in [6.07, 6.45) is -0.871. The van der Waals surface area contributed by atoms with Gasteiger partial charge in [-0.3, -0.25) is 4.79 Å². The minimum absolute atomic E-state index is 0.102. The molecule has 35 heavy (non-hydrogen) atoms. The Morgan fingerprint density at radius 3 is 2.14 bits per heavy atom. The lowest BCUT2D eigenvalue weighted by Gasteiger charge is -2.34. The van der Waals surface area contributed by atoms with Crippen LogP contribution >= 0.6 is 0 Å². The fraction of sp³-hybridized carbons (Fsp3) is 0.444. The second-order valence-electron chi connectivity index (χ2n) is 10.2. The highest BCUT2D eigenvalue weighted by Gasteiger charge is 2.45. The molecule has 1 aliphatic carbocycles. The van der Waals surface area contributed by atoms with Crippen molar-refractivity contribution >= 4 is 18.0 Å². The van der Waals surface area contributed by atoms with Gasteiger partial charge >= 0.3 is 12.1 Å². The molecule has 2 aromatic rings. The summed E-state index contributed by atoms with van der Waals surface area (Å²) in [5.41, 5.74) is 3.77. The van der Waals surface area contributed by atoms with E-state index in [4.69, 9.17) is 9.47 Å². The lowest BCUT2D eigenvalue weighted by atomic mass is 9.85. The Labute approximate surface area is 205 Å². The lowest BCUT2D eigenvalue weighted by molar-refractivity contribution is -0.150. The Bertz CT molecular complexity index is 1080. The van der Waals surface area contributed by atoms with Gasteiger partial charge in [0.15, 0.2) is 0 Å². The first-order chi connectivity index (χ1) is 16.6. The topological polar surface area (TPSA) is 105 Å². The number of hydrogen-bond donors (Lipinski definition) is 2. The predicted molar refractivity (Wildman–Crippen MR) is 130 cm³/mol. The molecular formula is C27H32N2O6. The molecule has 1 aliphatic heterocycles. The van der Waals surface area contributed by atoms with Crippen LogP contribution in [0, 0.1) is 5.41 Å². The molecule has 1 saturated heterocycles. The molecule has 0 aromatic heterocycles. The maximum atomic E-state index is 13.4. The number of likely N-dealkylation sites (tertiary alicyclic amines) is 1. The molecule has 2 amide bonds. The highest BCUT2D eigenvalue weighted by molar-refractivity contribution is 5.90. The molecule has 8 nitrogen and oxygen atoms in total. The average molecular weight is 481 g/mol. The van der Waals surface area contributed by atoms with E-state index in [0.29, 0.717) is 0 Å². The molecule has 3 unspecified atom stereocenters. The predicted octanol–water partition coefficient (Wildman–Crippen LogP) is 3.64. The molecule has 0 saturated carbocycles. The first kappa shape index (κ1) is 24.7. The number of rotatable bonds is 6. The molecular weight excluding hydrogens is 448 g/mol. The second kappa shape index (κ2) is 9.70. The van der Waals surface area contributed by atoms with Crippen LogP contribution in [0.2, 0.25) is 0 Å². The number of carbonyl (C=O) groups excluding carboxylic acids is 2. The molecule has 186 valence electrons. The molecule has 4 rings (SSSR count). The van der Waals surface area contributed by atoms with Gasteiger partial charge in [-0.15, -0.1) is 0 Å². The van der Waals surface area contributed by atoms with Crippen LogP contribution in [0.1, 0.15) is 44.2 Å². The SMILES string of the molecule is COC1CC(C(=O)O)N(C(=O)C(NC(=O)OCC2c3ccccc3-c3ccccc32)C(C)(C)C)C1. The molecule has 0 bridgehead atoms. The van der Waals surface area contributed by atoms with Crippen LogP contribution < -0.4 is 5.32 Å². The van der Waals surface area contributed by atoms with Gasteiger partial charge in [-0.05, 0) is 27.7 Å². The number of aliphatic carboxylic acids is 1. The second-order valence-corrected chi connectivity index (χ2v) is 10.2. The van der Waals surface area contributed by atoms with E-state index in [9.17, 15) is 19.5 Å². The maximum Gasteiger partial charge on any atom is 0.407 e. The number of carboxylic acid groups (broad SMARTS) is 1. The smallest absolute Gasteiger partial charge is 0.407 e. The van der Waals surface area contributed by atoms with Crippen LogP contribution in [0.4, 0.5) is 4.79 Å². The number of carbonyl (C=O) groups is 3. The van der Waals surface area contributed by atoms with E-state index in [0.717, 1.165) is 22.3 Å². The highest BCUT2D eigenvalue weighted by Crippen LogP contribution is 2.44. The van der Waals surface area contributed by atoms with Gasteiger partial charge in [-0.1, -0.05) is 69.3 Å². The number of fused-ring (bicyclic) bond motifs is 3. The van der Waals surface area contributed by atoms with E-state index < -0.39 is 35.5 Å². The van der Waals surface area contributed by atoms with Crippen LogP contribution in [-0.2, 0) is 19.1 Å². The normalized spacial score (nSPS) is 20.2. The number of methoxy groups -OCH3 is 1. The zero-order valence-electron chi connectivity index (χ0n) is 20.5. The van der Waals surface area contributed by atoms with Crippen LogP contribution in [0.15, 0.2) is 48.5 Å². The monoisotopic (exact) mass is 480 g/mol. The number of nitrogens with zero attached hydrogens (tertiary/aromatic N) is 1. The van der Waals surface area contributed by atoms with Crippen LogP contribution in [0.3, 0.4) is 0 Å². The van der Waals surface area contributed by atoms with Crippen molar-refractivity contribution in [1.82, 2.24) is 10.2 Å². The van der Waals surface area contributed by atoms with E-state index in [-0.39, 0.29) is 31.6 Å². The van der Waals surface area contributed by atoms with Crippen molar-refractivity contribution in [2.45, 2.75) is 51.3 Å². The number of benzene rings is 2. The maximum absolute atomic E-state index is 13.4. The largest absolute Gasteiger partial charge is 0.480 e. The van der Waals surface area contributed by atoms with Gasteiger partial charge in [0.2, 0.25) is 5.91 Å². The fourth-order valence-electron chi connectivity index (χ4n) is 5.02. The van der Waals surface area contributed by atoms with E-state index >= 15 is 0 Å². The van der Waals surface area contributed by atoms with E-state index in [2.05, 4.69) is 17.4 Å². The quantitative estimate of drug-likeness (QED) is 0.654. The van der Waals surface area contributed by atoms with Gasteiger partial charge in [0.05, 0.1) is 6.10 Å². The van der Waals surface area contributed by atoms with Crippen molar-refractivity contribution in [3.8, 4) is 11.1 Å². The van der Waals surface area contributed by atoms with Gasteiger partial charge < -0.3 is 24.8 Å². The molecule has 2 aliphatic rings. The van der Waals surface area contributed by atoms with Crippen LogP contribution in [0.25, 0.3) is 11.1 Å². The first-order valence-electron chi connectivity index (χ1n) is 11.8. The molecule has 2 aromatic carbocycles. The molecule has 0 spiro atoms. The third-order valence-corrected chi connectivity index (χ3v) is 6.88. The van der Waals surface area contributed by atoms with Gasteiger partial charge in [0, 0.05) is 26.0 Å². The number of nitrogens with one attached hydrogen (secondary N) is 1. The van der Waals surface area contributed by atoms with Gasteiger partial charge in [-0.2, -0.15) is 0 Å². The van der Waals surface area contributed by atoms with Gasteiger partial charge in [-0.25, -0.2) is 9.59 Å². The number of ether oxygens (including phenoxy) is 2. The van der Waals surface area contributed by atoms with Crippen LogP contribution in [-0.4, -0.2) is 66.4 Å². The Kier molecular flexibility index (Phi) is 6.85. The van der Waals surface area contributed by atoms with Crippen molar-refractivity contribution < 1.29 is 29.0 Å². The van der Waals surface area contributed by atoms with Crippen molar-refractivity contribution in [3.05, 3.63) is 59.7 Å². The molecule has 1 heterocycles. The molecule has 3 atom stereocenters. The van der Waals surface area contributed by atoms with E-state index in [1.165, 1.54) is 12.0 Å². The summed E-state index contributed by atoms with van der Waals surface area (Å²) in [5, 5.41) is 12.3. The molecule has 1 fully saturated rings. The van der Waals surface area contributed by atoms with Gasteiger partial charge in [0.25, 0.3) is 0 Å². The lowest BCUT2D eigenvalue weighted by Crippen LogP contribution is -2.57. The average Bonchev–Trinajstić information content (AvgIpc) is 3.40. The number of carboxylic acids is 1. The van der Waals surface area contributed by atoms with Crippen molar-refractivity contribution in [2.75, 3.05) is 20.3 Å². The zero-order valence-corrected chi connectivity index (χ0v) is 20.5. The van der Waals surface area contributed by atoms with Crippen LogP contribution in [0.5, 0.6) is 0 Å². The molecule has 0 radical (unpaired) electrons. The van der Waals surface area contributed by atoms with E-state index in [1.54, 1.807) is 0 Å². The highest BCUT2D eigenvalue weighted by atomic mass is 16.5. The number of alkyl carbamates (subject to hydrolysis) is 1. The molecule has 8 heteroatoms. The summed E-state index contributed by atoms with van der Waals surface area (Å²) in [4.78, 5) is 39.4. The first-order valence-corrected chi connectivity index (χ1v) is 11.8. The summed E-state index contributed by atoms with van der Waals surface area (Å²) in [7, 11) is 1.49. The summed E-state index contributed by atoms with van der Waals surface area (Å²) < 4.78 is 10.9. The summed E-state index contributed by atoms with van der Waals surface area (Å²) in [6, 6.07) is 14.1. The summed E-state index contributed by atoms with van der Waals surface area (Å²) >= 11 is 0. The summed E-state index contributed by atoms with van der Waals surface area (Å²) in [5.74, 6) is -1.65. The Balaban J connectivity index is 1.48. The number of amides is 2. The minimum atomic E-state index is -1.09. The van der Waals surface area contributed by atoms with Gasteiger partial charge in [0.1, 0.15) is 18.7 Å². The standard InChI is InChI=1S/C27H32N2O6/c1-27(2,3)23(24(30)29-14-16(34-4)13-22(29)25(31)32)28-26(33)35-15-21-19-11-7-5-9-17(19)18-10-6-8-12-20(18)21/h5-12,16,21-23H,13-15H2,1-4H3,(H,28,33)(H,31,32). The summed E-state index contributed by atoms with van der Waals surface area (Å²) in [6.45, 7) is 5.74. The Morgan fingerprint density at radius 1 is 1.06 bits per heavy atom. The zero-order chi connectivity index (χ0) is 25.3. The Morgan fingerprint density at radius 2 is 1.63 bits per heavy atom. The van der Waals surface area contributed by atoms with Crippen molar-refractivity contribution in [2.24, 2.45) is 5.41 Å². The van der Waals surface area contributed by atoms with Crippen molar-refractivity contribution in [3.63, 3.8) is 0 Å². The number of hydrogen-bond acceptors (Lipinski definition) is 5.